The third-order valence-corrected chi connectivity index (χ3v) is 5.72. The van der Waals surface area contributed by atoms with Crippen LogP contribution in [0.15, 0.2) is 12.2 Å². The molecule has 0 saturated heterocycles. The zero-order chi connectivity index (χ0) is 23.5. The van der Waals surface area contributed by atoms with Crippen molar-refractivity contribution in [2.45, 2.75) is 142 Å². The lowest BCUT2D eigenvalue weighted by molar-refractivity contribution is -0.145. The number of allylic oxidation sites excluding steroid dienone is 1. The van der Waals surface area contributed by atoms with E-state index >= 15 is 0 Å². The second-order valence-corrected chi connectivity index (χ2v) is 8.91. The molecule has 32 heavy (non-hydrogen) atoms. The first-order valence-electron chi connectivity index (χ1n) is 13.7. The highest BCUT2D eigenvalue weighted by molar-refractivity contribution is 5.72. The van der Waals surface area contributed by atoms with Crippen molar-refractivity contribution in [3.05, 3.63) is 12.2 Å². The van der Waals surface area contributed by atoms with Crippen LogP contribution in [-0.4, -0.2) is 25.2 Å². The Morgan fingerprint density at radius 2 is 0.969 bits per heavy atom. The summed E-state index contributed by atoms with van der Waals surface area (Å²) < 4.78 is 10.4. The van der Waals surface area contributed by atoms with Gasteiger partial charge < -0.3 is 9.47 Å². The van der Waals surface area contributed by atoms with Crippen LogP contribution in [0.3, 0.4) is 0 Å². The van der Waals surface area contributed by atoms with Gasteiger partial charge in [-0.15, -0.1) is 0 Å². The van der Waals surface area contributed by atoms with Crippen LogP contribution in [-0.2, 0) is 19.1 Å². The van der Waals surface area contributed by atoms with Crippen LogP contribution in [0.25, 0.3) is 0 Å². The number of carbonyl (C=O) groups excluding carboxylic acids is 2. The van der Waals surface area contributed by atoms with E-state index in [4.69, 9.17) is 9.47 Å². The third kappa shape index (κ3) is 24.9. The molecule has 0 unspecified atom stereocenters. The van der Waals surface area contributed by atoms with Crippen molar-refractivity contribution in [2.75, 3.05) is 13.2 Å². The first-order valence-corrected chi connectivity index (χ1v) is 13.7. The van der Waals surface area contributed by atoms with Crippen LogP contribution in [0, 0.1) is 0 Å². The van der Waals surface area contributed by atoms with E-state index in [0.717, 1.165) is 25.7 Å². The molecule has 0 aliphatic carbocycles. The topological polar surface area (TPSA) is 52.6 Å². The van der Waals surface area contributed by atoms with E-state index in [9.17, 15) is 9.59 Å². The second-order valence-electron chi connectivity index (χ2n) is 8.91. The smallest absolute Gasteiger partial charge is 0.305 e. The molecule has 0 spiro atoms. The van der Waals surface area contributed by atoms with Gasteiger partial charge in [0.15, 0.2) is 0 Å². The molecule has 0 aromatic rings. The minimum Gasteiger partial charge on any atom is -0.466 e. The van der Waals surface area contributed by atoms with Crippen molar-refractivity contribution in [3.63, 3.8) is 0 Å². The molecule has 4 heteroatoms. The highest BCUT2D eigenvalue weighted by Crippen LogP contribution is 2.13. The number of hydrogen-bond donors (Lipinski definition) is 0. The Bertz CT molecular complexity index is 445. The Balaban J connectivity index is 3.26. The van der Waals surface area contributed by atoms with E-state index in [0.29, 0.717) is 26.1 Å². The van der Waals surface area contributed by atoms with Gasteiger partial charge in [-0.25, -0.2) is 0 Å². The lowest BCUT2D eigenvalue weighted by Crippen LogP contribution is -2.09. The van der Waals surface area contributed by atoms with E-state index in [1.165, 1.54) is 83.5 Å². The molecule has 0 N–H and O–H groups in total. The number of hydrogen-bond acceptors (Lipinski definition) is 4. The van der Waals surface area contributed by atoms with Crippen LogP contribution < -0.4 is 0 Å². The lowest BCUT2D eigenvalue weighted by Gasteiger charge is -2.06. The molecule has 0 aliphatic rings. The average Bonchev–Trinajstić information content (AvgIpc) is 2.78. The normalized spacial score (nSPS) is 11.2. The van der Waals surface area contributed by atoms with Gasteiger partial charge in [-0.3, -0.25) is 9.59 Å². The van der Waals surface area contributed by atoms with Crippen LogP contribution in [0.4, 0.5) is 0 Å². The fourth-order valence-corrected chi connectivity index (χ4v) is 3.71. The number of rotatable bonds is 24. The first-order chi connectivity index (χ1) is 15.7. The van der Waals surface area contributed by atoms with Crippen molar-refractivity contribution < 1.29 is 19.1 Å². The summed E-state index contributed by atoms with van der Waals surface area (Å²) in [6.07, 6.45) is 26.8. The van der Waals surface area contributed by atoms with E-state index in [1.54, 1.807) is 0 Å². The number of carbonyl (C=O) groups is 2. The zero-order valence-corrected chi connectivity index (χ0v) is 21.3. The van der Waals surface area contributed by atoms with Gasteiger partial charge in [0.25, 0.3) is 0 Å². The van der Waals surface area contributed by atoms with Gasteiger partial charge in [-0.1, -0.05) is 116 Å². The molecule has 188 valence electrons. The summed E-state index contributed by atoms with van der Waals surface area (Å²) in [5.74, 6) is -0.431. The predicted molar refractivity (Wildman–Crippen MR) is 135 cm³/mol. The standard InChI is InChI=1S/C28H52O4/c1-3-5-7-9-10-11-12-13-14-15-16-17-18-19-21-26-32-28(30)24-22-23-27(29)31-25-20-8-6-4-2/h6,8H,3-5,7,9-26H2,1-2H3/b8-6-. The van der Waals surface area contributed by atoms with Gasteiger partial charge in [0.05, 0.1) is 13.2 Å². The predicted octanol–water partition coefficient (Wildman–Crippen LogP) is 8.47. The molecule has 0 aliphatic heterocycles. The van der Waals surface area contributed by atoms with Crippen molar-refractivity contribution >= 4 is 11.9 Å². The van der Waals surface area contributed by atoms with Gasteiger partial charge in [0, 0.05) is 12.8 Å². The van der Waals surface area contributed by atoms with Gasteiger partial charge in [0.1, 0.15) is 0 Å². The molecule has 0 bridgehead atoms. The van der Waals surface area contributed by atoms with E-state index in [1.807, 2.05) is 6.08 Å². The summed E-state index contributed by atoms with van der Waals surface area (Å²) in [4.78, 5) is 23.3. The highest BCUT2D eigenvalue weighted by Gasteiger charge is 2.07. The molecule has 0 heterocycles. The average molecular weight is 453 g/mol. The number of ether oxygens (including phenoxy) is 2. The summed E-state index contributed by atoms with van der Waals surface area (Å²) in [5.41, 5.74) is 0. The van der Waals surface area contributed by atoms with Gasteiger partial charge in [-0.2, -0.15) is 0 Å². The quantitative estimate of drug-likeness (QED) is 0.0837. The molecule has 0 fully saturated rings. The van der Waals surface area contributed by atoms with Crippen molar-refractivity contribution in [2.24, 2.45) is 0 Å². The summed E-state index contributed by atoms with van der Waals surface area (Å²) >= 11 is 0. The SMILES string of the molecule is CC/C=C\CCOC(=O)CCCC(=O)OCCCCCCCCCCCCCCCCC. The molecule has 0 saturated carbocycles. The van der Waals surface area contributed by atoms with Gasteiger partial charge in [0.2, 0.25) is 0 Å². The maximum absolute atomic E-state index is 11.7. The van der Waals surface area contributed by atoms with Crippen LogP contribution in [0.2, 0.25) is 0 Å². The molecule has 0 rings (SSSR count). The summed E-state index contributed by atoms with van der Waals surface area (Å²) in [6, 6.07) is 0. The minimum atomic E-state index is -0.231. The molecule has 0 aromatic carbocycles. The third-order valence-electron chi connectivity index (χ3n) is 5.72. The maximum Gasteiger partial charge on any atom is 0.305 e. The number of unbranched alkanes of at least 4 members (excludes halogenated alkanes) is 14. The fraction of sp³-hybridized carbons (Fsp3) is 0.857. The van der Waals surface area contributed by atoms with E-state index in [-0.39, 0.29) is 18.4 Å². The highest BCUT2D eigenvalue weighted by atomic mass is 16.5. The Labute approximate surface area is 198 Å². The molecule has 0 aromatic heterocycles. The summed E-state index contributed by atoms with van der Waals surface area (Å²) in [5, 5.41) is 0. The summed E-state index contributed by atoms with van der Waals surface area (Å²) in [7, 11) is 0. The van der Waals surface area contributed by atoms with Crippen molar-refractivity contribution in [3.8, 4) is 0 Å². The molecule has 4 nitrogen and oxygen atoms in total. The molecule has 0 amide bonds. The number of esters is 2. The van der Waals surface area contributed by atoms with Crippen LogP contribution in [0.1, 0.15) is 142 Å². The van der Waals surface area contributed by atoms with E-state index < -0.39 is 0 Å². The monoisotopic (exact) mass is 452 g/mol. The molecule has 0 radical (unpaired) electrons. The van der Waals surface area contributed by atoms with Crippen LogP contribution in [0.5, 0.6) is 0 Å². The Kier molecular flexibility index (Phi) is 24.9. The second kappa shape index (κ2) is 25.9. The molecular formula is C28H52O4. The van der Waals surface area contributed by atoms with Gasteiger partial charge >= 0.3 is 11.9 Å². The molecular weight excluding hydrogens is 400 g/mol. The Morgan fingerprint density at radius 3 is 1.44 bits per heavy atom. The minimum absolute atomic E-state index is 0.200. The summed E-state index contributed by atoms with van der Waals surface area (Å²) in [6.45, 7) is 5.26. The van der Waals surface area contributed by atoms with Gasteiger partial charge in [-0.05, 0) is 25.7 Å². The van der Waals surface area contributed by atoms with Crippen molar-refractivity contribution in [1.29, 1.82) is 0 Å². The van der Waals surface area contributed by atoms with Crippen molar-refractivity contribution in [1.82, 2.24) is 0 Å². The largest absolute Gasteiger partial charge is 0.466 e. The Hall–Kier alpha value is -1.32. The zero-order valence-electron chi connectivity index (χ0n) is 21.3. The fourth-order valence-electron chi connectivity index (χ4n) is 3.71. The lowest BCUT2D eigenvalue weighted by atomic mass is 10.0. The Morgan fingerprint density at radius 1 is 0.531 bits per heavy atom. The molecule has 0 atom stereocenters. The van der Waals surface area contributed by atoms with E-state index in [2.05, 4.69) is 19.9 Å². The first kappa shape index (κ1) is 30.7. The maximum atomic E-state index is 11.7. The van der Waals surface area contributed by atoms with Crippen LogP contribution >= 0.6 is 0 Å².